The van der Waals surface area contributed by atoms with E-state index >= 15 is 0 Å². The molecule has 1 unspecified atom stereocenters. The molecule has 0 radical (unpaired) electrons. The van der Waals surface area contributed by atoms with E-state index in [1.165, 1.54) is 12.1 Å². The van der Waals surface area contributed by atoms with Gasteiger partial charge in [0.2, 0.25) is 10.0 Å². The highest BCUT2D eigenvalue weighted by Gasteiger charge is 2.30. The van der Waals surface area contributed by atoms with Crippen LogP contribution in [0, 0.1) is 0 Å². The predicted molar refractivity (Wildman–Crippen MR) is 110 cm³/mol. The van der Waals surface area contributed by atoms with E-state index < -0.39 is 10.0 Å². The maximum Gasteiger partial charge on any atom is 0.255 e. The van der Waals surface area contributed by atoms with Gasteiger partial charge in [-0.15, -0.1) is 11.8 Å². The molecule has 1 heterocycles. The average Bonchev–Trinajstić information content (AvgIpc) is 2.68. The minimum absolute atomic E-state index is 0.00966. The Morgan fingerprint density at radius 2 is 1.89 bits per heavy atom. The lowest BCUT2D eigenvalue weighted by molar-refractivity contribution is 0.102. The highest BCUT2D eigenvalue weighted by Crippen LogP contribution is 2.25. The first-order chi connectivity index (χ1) is 12.9. The molecule has 0 aliphatic carbocycles. The molecule has 144 valence electrons. The maximum atomic E-state index is 12.9. The summed E-state index contributed by atoms with van der Waals surface area (Å²) in [5, 5.41) is 2.85. The van der Waals surface area contributed by atoms with Crippen molar-refractivity contribution >= 4 is 33.4 Å². The van der Waals surface area contributed by atoms with E-state index in [1.54, 1.807) is 28.2 Å². The van der Waals surface area contributed by atoms with E-state index in [1.807, 2.05) is 37.4 Å². The van der Waals surface area contributed by atoms with Gasteiger partial charge in [-0.25, -0.2) is 8.42 Å². The average molecular weight is 405 g/mol. The van der Waals surface area contributed by atoms with Crippen LogP contribution in [0.15, 0.2) is 58.3 Å². The Morgan fingerprint density at radius 1 is 1.15 bits per heavy atom. The zero-order valence-electron chi connectivity index (χ0n) is 15.5. The van der Waals surface area contributed by atoms with Gasteiger partial charge in [0.15, 0.2) is 0 Å². The van der Waals surface area contributed by atoms with E-state index in [0.717, 1.165) is 24.2 Å². The third-order valence-corrected chi connectivity index (χ3v) is 7.55. The number of amides is 1. The van der Waals surface area contributed by atoms with Crippen LogP contribution in [-0.4, -0.2) is 37.5 Å². The molecule has 3 rings (SSSR count). The molecule has 2 aromatic carbocycles. The minimum Gasteiger partial charge on any atom is -0.322 e. The topological polar surface area (TPSA) is 66.5 Å². The van der Waals surface area contributed by atoms with E-state index in [0.29, 0.717) is 17.8 Å². The fourth-order valence-electron chi connectivity index (χ4n) is 3.25. The van der Waals surface area contributed by atoms with Gasteiger partial charge in [-0.05, 0) is 68.5 Å². The largest absolute Gasteiger partial charge is 0.322 e. The molecule has 1 N–H and O–H groups in total. The lowest BCUT2D eigenvalue weighted by atomic mass is 10.1. The molecule has 27 heavy (non-hydrogen) atoms. The second kappa shape index (κ2) is 8.46. The summed E-state index contributed by atoms with van der Waals surface area (Å²) < 4.78 is 27.3. The van der Waals surface area contributed by atoms with Gasteiger partial charge < -0.3 is 5.32 Å². The Hall–Kier alpha value is -1.83. The van der Waals surface area contributed by atoms with Crippen molar-refractivity contribution in [3.05, 3.63) is 54.1 Å². The number of nitrogens with one attached hydrogen (secondary N) is 1. The highest BCUT2D eigenvalue weighted by molar-refractivity contribution is 7.98. The monoisotopic (exact) mass is 404 g/mol. The molecule has 1 saturated heterocycles. The van der Waals surface area contributed by atoms with Crippen LogP contribution in [0.2, 0.25) is 0 Å². The number of benzene rings is 2. The highest BCUT2D eigenvalue weighted by atomic mass is 32.2. The van der Waals surface area contributed by atoms with Crippen molar-refractivity contribution in [2.24, 2.45) is 0 Å². The minimum atomic E-state index is -3.52. The number of carbonyl (C=O) groups excluding carboxylic acids is 1. The molecule has 1 atom stereocenters. The number of anilines is 1. The van der Waals surface area contributed by atoms with Crippen LogP contribution in [0.4, 0.5) is 5.69 Å². The Labute approximate surface area is 165 Å². The zero-order chi connectivity index (χ0) is 19.4. The van der Waals surface area contributed by atoms with Crippen LogP contribution in [0.3, 0.4) is 0 Å². The number of rotatable bonds is 5. The third kappa shape index (κ3) is 4.54. The van der Waals surface area contributed by atoms with Crippen molar-refractivity contribution in [2.75, 3.05) is 18.1 Å². The number of sulfonamides is 1. The summed E-state index contributed by atoms with van der Waals surface area (Å²) in [6.45, 7) is 2.50. The number of hydrogen-bond donors (Lipinski definition) is 1. The smallest absolute Gasteiger partial charge is 0.255 e. The van der Waals surface area contributed by atoms with Crippen molar-refractivity contribution in [1.29, 1.82) is 0 Å². The molecule has 0 bridgehead atoms. The Balaban J connectivity index is 1.75. The summed E-state index contributed by atoms with van der Waals surface area (Å²) in [5.74, 6) is -0.261. The molecule has 0 aromatic heterocycles. The molecular weight excluding hydrogens is 380 g/mol. The predicted octanol–water partition coefficient (Wildman–Crippen LogP) is 4.22. The van der Waals surface area contributed by atoms with E-state index in [4.69, 9.17) is 0 Å². The van der Waals surface area contributed by atoms with Crippen LogP contribution in [0.5, 0.6) is 0 Å². The molecule has 2 aromatic rings. The first-order valence-corrected chi connectivity index (χ1v) is 11.7. The van der Waals surface area contributed by atoms with Gasteiger partial charge >= 0.3 is 0 Å². The normalized spacial score (nSPS) is 18.2. The summed E-state index contributed by atoms with van der Waals surface area (Å²) >= 11 is 1.60. The number of thioether (sulfide) groups is 1. The van der Waals surface area contributed by atoms with E-state index in [2.05, 4.69) is 5.32 Å². The SMILES string of the molecule is CSc1cccc(NC(=O)c2ccc(S(=O)(=O)N3CCCCC3C)cc2)c1. The second-order valence-electron chi connectivity index (χ2n) is 6.67. The van der Waals surface area contributed by atoms with Gasteiger partial charge in [0.1, 0.15) is 0 Å². The summed E-state index contributed by atoms with van der Waals surface area (Å²) in [6, 6.07) is 13.8. The van der Waals surface area contributed by atoms with Gasteiger partial charge in [-0.2, -0.15) is 4.31 Å². The molecule has 1 amide bonds. The Bertz CT molecular complexity index is 911. The van der Waals surface area contributed by atoms with Gasteiger partial charge in [0.05, 0.1) is 4.90 Å². The van der Waals surface area contributed by atoms with Crippen molar-refractivity contribution in [3.8, 4) is 0 Å². The van der Waals surface area contributed by atoms with E-state index in [-0.39, 0.29) is 16.8 Å². The molecule has 0 spiro atoms. The second-order valence-corrected chi connectivity index (χ2v) is 9.44. The lowest BCUT2D eigenvalue weighted by Crippen LogP contribution is -2.41. The lowest BCUT2D eigenvalue weighted by Gasteiger charge is -2.32. The summed E-state index contributed by atoms with van der Waals surface area (Å²) in [5.41, 5.74) is 1.14. The molecule has 0 saturated carbocycles. The molecule has 1 fully saturated rings. The van der Waals surface area contributed by atoms with Crippen LogP contribution in [0.1, 0.15) is 36.5 Å². The van der Waals surface area contributed by atoms with Crippen LogP contribution >= 0.6 is 11.8 Å². The molecule has 5 nitrogen and oxygen atoms in total. The quantitative estimate of drug-likeness (QED) is 0.758. The van der Waals surface area contributed by atoms with Crippen LogP contribution < -0.4 is 5.32 Å². The third-order valence-electron chi connectivity index (χ3n) is 4.79. The number of piperidine rings is 1. The molecule has 1 aliphatic heterocycles. The van der Waals surface area contributed by atoms with E-state index in [9.17, 15) is 13.2 Å². The number of nitrogens with zero attached hydrogens (tertiary/aromatic N) is 1. The maximum absolute atomic E-state index is 12.9. The van der Waals surface area contributed by atoms with Crippen LogP contribution in [0.25, 0.3) is 0 Å². The van der Waals surface area contributed by atoms with Gasteiger partial charge in [0.25, 0.3) is 5.91 Å². The van der Waals surface area contributed by atoms with Gasteiger partial charge in [-0.3, -0.25) is 4.79 Å². The number of carbonyl (C=O) groups is 1. The Morgan fingerprint density at radius 3 is 2.56 bits per heavy atom. The first kappa shape index (κ1) is 19.9. The summed E-state index contributed by atoms with van der Waals surface area (Å²) in [4.78, 5) is 13.7. The number of hydrogen-bond acceptors (Lipinski definition) is 4. The zero-order valence-corrected chi connectivity index (χ0v) is 17.1. The standard InChI is InChI=1S/C20H24N2O3S2/c1-15-6-3-4-13-22(15)27(24,25)19-11-9-16(10-12-19)20(23)21-17-7-5-8-18(14-17)26-2/h5,7-12,14-15H,3-4,6,13H2,1-2H3,(H,21,23). The summed E-state index contributed by atoms with van der Waals surface area (Å²) in [7, 11) is -3.52. The molecule has 1 aliphatic rings. The van der Waals surface area contributed by atoms with Crippen molar-refractivity contribution in [3.63, 3.8) is 0 Å². The Kier molecular flexibility index (Phi) is 6.24. The van der Waals surface area contributed by atoms with Crippen molar-refractivity contribution in [1.82, 2.24) is 4.31 Å². The molecule has 7 heteroatoms. The molecular formula is C20H24N2O3S2. The van der Waals surface area contributed by atoms with Crippen LogP contribution in [-0.2, 0) is 10.0 Å². The first-order valence-electron chi connectivity index (χ1n) is 8.99. The summed E-state index contributed by atoms with van der Waals surface area (Å²) in [6.07, 6.45) is 4.81. The fraction of sp³-hybridized carbons (Fsp3) is 0.350. The van der Waals surface area contributed by atoms with Crippen molar-refractivity contribution < 1.29 is 13.2 Å². The van der Waals surface area contributed by atoms with Gasteiger partial charge in [0, 0.05) is 28.7 Å². The van der Waals surface area contributed by atoms with Crippen molar-refractivity contribution in [2.45, 2.75) is 42.0 Å². The van der Waals surface area contributed by atoms with Gasteiger partial charge in [-0.1, -0.05) is 12.5 Å². The fourth-order valence-corrected chi connectivity index (χ4v) is 5.41.